The van der Waals surface area contributed by atoms with Gasteiger partial charge in [-0.1, -0.05) is 6.92 Å². The quantitative estimate of drug-likeness (QED) is 0.673. The van der Waals surface area contributed by atoms with Gasteiger partial charge in [0.15, 0.2) is 0 Å². The molecule has 102 valence electrons. The highest BCUT2D eigenvalue weighted by molar-refractivity contribution is 5.66. The van der Waals surface area contributed by atoms with Crippen LogP contribution in [-0.2, 0) is 14.3 Å². The molecule has 4 aliphatic rings. The molecule has 0 aromatic rings. The highest BCUT2D eigenvalue weighted by Gasteiger charge is 2.56. The topological polar surface area (TPSA) is 35.5 Å². The van der Waals surface area contributed by atoms with Gasteiger partial charge in [-0.25, -0.2) is 0 Å². The van der Waals surface area contributed by atoms with Crippen LogP contribution in [0.4, 0.5) is 0 Å². The Kier molecular flexibility index (Phi) is 2.92. The first-order valence-corrected chi connectivity index (χ1v) is 7.31. The molecule has 6 atom stereocenters. The van der Waals surface area contributed by atoms with E-state index in [0.717, 1.165) is 25.4 Å². The summed E-state index contributed by atoms with van der Waals surface area (Å²) in [4.78, 5) is 11.3. The Morgan fingerprint density at radius 2 is 2.17 bits per heavy atom. The molecule has 2 saturated heterocycles. The van der Waals surface area contributed by atoms with Gasteiger partial charge in [-0.2, -0.15) is 0 Å². The van der Waals surface area contributed by atoms with E-state index in [0.29, 0.717) is 17.8 Å². The number of rotatable bonds is 1. The van der Waals surface area contributed by atoms with Crippen LogP contribution in [0.3, 0.4) is 0 Å². The molecule has 4 rings (SSSR count). The molecule has 0 spiro atoms. The Labute approximate surface area is 109 Å². The minimum absolute atomic E-state index is 0.0669. The second kappa shape index (κ2) is 4.22. The van der Waals surface area contributed by atoms with Gasteiger partial charge in [-0.15, -0.1) is 0 Å². The molecule has 2 heterocycles. The Bertz CT molecular complexity index is 344. The van der Waals surface area contributed by atoms with Crippen molar-refractivity contribution in [1.29, 1.82) is 0 Å². The van der Waals surface area contributed by atoms with Crippen molar-refractivity contribution in [2.75, 3.05) is 6.61 Å². The lowest BCUT2D eigenvalue weighted by Gasteiger charge is -2.41. The van der Waals surface area contributed by atoms with Crippen LogP contribution in [0.5, 0.6) is 0 Å². The van der Waals surface area contributed by atoms with Crippen LogP contribution >= 0.6 is 0 Å². The van der Waals surface area contributed by atoms with Gasteiger partial charge in [0.1, 0.15) is 6.10 Å². The van der Waals surface area contributed by atoms with Crippen molar-refractivity contribution in [3.05, 3.63) is 0 Å². The zero-order chi connectivity index (χ0) is 12.9. The predicted molar refractivity (Wildman–Crippen MR) is 68.0 cm³/mol. The molecule has 3 heteroatoms. The lowest BCUT2D eigenvalue weighted by Crippen LogP contribution is -2.46. The average molecular weight is 252 g/mol. The summed E-state index contributed by atoms with van der Waals surface area (Å²) in [5, 5.41) is 0. The summed E-state index contributed by atoms with van der Waals surface area (Å²) in [5.74, 6) is 2.32. The van der Waals surface area contributed by atoms with E-state index in [-0.39, 0.29) is 17.7 Å². The van der Waals surface area contributed by atoms with Gasteiger partial charge in [0.2, 0.25) is 0 Å². The molecule has 0 amide bonds. The number of esters is 1. The van der Waals surface area contributed by atoms with E-state index in [1.165, 1.54) is 19.8 Å². The number of fused-ring (bicyclic) bond motifs is 2. The number of carbonyl (C=O) groups is 1. The maximum absolute atomic E-state index is 11.3. The standard InChI is InChI=1S/C15H24O3/c1-9-6-13(18-10(2)16)14-12(9)7-11-4-5-15(14,3)17-8-11/h9,11-14H,4-8H2,1-3H3. The molecule has 0 radical (unpaired) electrons. The summed E-state index contributed by atoms with van der Waals surface area (Å²) in [7, 11) is 0. The second-order valence-corrected chi connectivity index (χ2v) is 6.81. The van der Waals surface area contributed by atoms with Crippen molar-refractivity contribution in [2.24, 2.45) is 23.7 Å². The summed E-state index contributed by atoms with van der Waals surface area (Å²) in [6.07, 6.45) is 4.76. The number of carbonyl (C=O) groups excluding carboxylic acids is 1. The summed E-state index contributed by atoms with van der Waals surface area (Å²) >= 11 is 0. The van der Waals surface area contributed by atoms with Crippen LogP contribution in [0.15, 0.2) is 0 Å². The molecule has 0 aromatic heterocycles. The van der Waals surface area contributed by atoms with Crippen LogP contribution in [0.25, 0.3) is 0 Å². The van der Waals surface area contributed by atoms with Crippen LogP contribution in [0.2, 0.25) is 0 Å². The predicted octanol–water partition coefficient (Wildman–Crippen LogP) is 2.78. The van der Waals surface area contributed by atoms with Crippen LogP contribution in [0, 0.1) is 23.7 Å². The number of hydrogen-bond acceptors (Lipinski definition) is 3. The molecule has 2 aliphatic heterocycles. The molecular weight excluding hydrogens is 228 g/mol. The molecule has 2 bridgehead atoms. The number of ether oxygens (including phenoxy) is 2. The largest absolute Gasteiger partial charge is 0.462 e. The van der Waals surface area contributed by atoms with E-state index in [1.807, 2.05) is 0 Å². The van der Waals surface area contributed by atoms with Gasteiger partial charge >= 0.3 is 5.97 Å². The minimum atomic E-state index is -0.143. The zero-order valence-corrected chi connectivity index (χ0v) is 11.6. The summed E-state index contributed by atoms with van der Waals surface area (Å²) < 4.78 is 11.8. The molecule has 2 aliphatic carbocycles. The first-order valence-electron chi connectivity index (χ1n) is 7.31. The third-order valence-electron chi connectivity index (χ3n) is 5.52. The fraction of sp³-hybridized carbons (Fsp3) is 0.933. The maximum atomic E-state index is 11.3. The van der Waals surface area contributed by atoms with Gasteiger partial charge in [0.25, 0.3) is 0 Å². The smallest absolute Gasteiger partial charge is 0.302 e. The molecule has 0 N–H and O–H groups in total. The van der Waals surface area contributed by atoms with Gasteiger partial charge in [0, 0.05) is 12.8 Å². The molecule has 2 saturated carbocycles. The summed E-state index contributed by atoms with van der Waals surface area (Å²) in [5.41, 5.74) is -0.0669. The Hall–Kier alpha value is -0.570. The van der Waals surface area contributed by atoms with Gasteiger partial charge < -0.3 is 9.47 Å². The van der Waals surface area contributed by atoms with Crippen LogP contribution < -0.4 is 0 Å². The highest BCUT2D eigenvalue weighted by atomic mass is 16.5. The van der Waals surface area contributed by atoms with Crippen molar-refractivity contribution >= 4 is 5.97 Å². The number of hydrogen-bond donors (Lipinski definition) is 0. The molecule has 6 unspecified atom stereocenters. The Morgan fingerprint density at radius 1 is 1.39 bits per heavy atom. The van der Waals surface area contributed by atoms with E-state index in [1.54, 1.807) is 0 Å². The van der Waals surface area contributed by atoms with E-state index < -0.39 is 0 Å². The SMILES string of the molecule is CC(=O)OC1CC(C)C2CC3CCC(C)(OC3)C12. The lowest BCUT2D eigenvalue weighted by atomic mass is 9.77. The first-order chi connectivity index (χ1) is 8.49. The van der Waals surface area contributed by atoms with Crippen LogP contribution in [-0.4, -0.2) is 24.3 Å². The molecule has 0 aromatic carbocycles. The monoisotopic (exact) mass is 252 g/mol. The van der Waals surface area contributed by atoms with Crippen LogP contribution in [0.1, 0.15) is 46.5 Å². The minimum Gasteiger partial charge on any atom is -0.462 e. The summed E-state index contributed by atoms with van der Waals surface area (Å²) in [6.45, 7) is 6.98. The fourth-order valence-electron chi connectivity index (χ4n) is 4.67. The molecule has 3 nitrogen and oxygen atoms in total. The maximum Gasteiger partial charge on any atom is 0.302 e. The molecule has 4 fully saturated rings. The first kappa shape index (κ1) is 12.5. The van der Waals surface area contributed by atoms with Gasteiger partial charge in [0.05, 0.1) is 12.2 Å². The van der Waals surface area contributed by atoms with E-state index in [2.05, 4.69) is 13.8 Å². The van der Waals surface area contributed by atoms with Gasteiger partial charge in [-0.05, 0) is 50.4 Å². The lowest BCUT2D eigenvalue weighted by molar-refractivity contribution is -0.162. The third kappa shape index (κ3) is 1.87. The average Bonchev–Trinajstić information content (AvgIpc) is 2.46. The zero-order valence-electron chi connectivity index (χ0n) is 11.6. The van der Waals surface area contributed by atoms with E-state index in [4.69, 9.17) is 9.47 Å². The van der Waals surface area contributed by atoms with Crippen molar-refractivity contribution < 1.29 is 14.3 Å². The summed E-state index contributed by atoms with van der Waals surface area (Å²) in [6, 6.07) is 0. The second-order valence-electron chi connectivity index (χ2n) is 6.81. The highest BCUT2D eigenvalue weighted by Crippen LogP contribution is 2.55. The third-order valence-corrected chi connectivity index (χ3v) is 5.52. The Balaban J connectivity index is 1.90. The molecular formula is C15H24O3. The Morgan fingerprint density at radius 3 is 2.78 bits per heavy atom. The van der Waals surface area contributed by atoms with E-state index >= 15 is 0 Å². The van der Waals surface area contributed by atoms with Gasteiger partial charge in [-0.3, -0.25) is 4.79 Å². The van der Waals surface area contributed by atoms with E-state index in [9.17, 15) is 4.79 Å². The van der Waals surface area contributed by atoms with Crippen molar-refractivity contribution in [3.8, 4) is 0 Å². The normalized spacial score (nSPS) is 50.7. The molecule has 18 heavy (non-hydrogen) atoms. The van der Waals surface area contributed by atoms with Crippen molar-refractivity contribution in [1.82, 2.24) is 0 Å². The van der Waals surface area contributed by atoms with Crippen molar-refractivity contribution in [2.45, 2.75) is 58.2 Å². The van der Waals surface area contributed by atoms with Crippen molar-refractivity contribution in [3.63, 3.8) is 0 Å². The fourth-order valence-corrected chi connectivity index (χ4v) is 4.67.